The SMILES string of the molecule is Cc1cc(O)c(-c2n[nH]c3c2[C@H](c2ccc(C(C)C)cc2)N(Cc2cccnc2)C3=O)cc1Cl. The van der Waals surface area contributed by atoms with Gasteiger partial charge in [-0.15, -0.1) is 0 Å². The number of fused-ring (bicyclic) bond motifs is 1. The van der Waals surface area contributed by atoms with E-state index in [1.165, 1.54) is 5.56 Å². The third-order valence-corrected chi connectivity index (χ3v) is 6.80. The van der Waals surface area contributed by atoms with Crippen molar-refractivity contribution in [3.8, 4) is 17.0 Å². The number of nitrogens with zero attached hydrogens (tertiary/aromatic N) is 3. The van der Waals surface area contributed by atoms with Crippen LogP contribution in [0.4, 0.5) is 0 Å². The highest BCUT2D eigenvalue weighted by atomic mass is 35.5. The van der Waals surface area contributed by atoms with Crippen LogP contribution in [0.1, 0.15) is 64.1 Å². The summed E-state index contributed by atoms with van der Waals surface area (Å²) in [5.74, 6) is 0.328. The maximum Gasteiger partial charge on any atom is 0.273 e. The number of carbonyl (C=O) groups is 1. The summed E-state index contributed by atoms with van der Waals surface area (Å²) < 4.78 is 0. The maximum absolute atomic E-state index is 13.6. The second kappa shape index (κ2) is 8.61. The van der Waals surface area contributed by atoms with Crippen LogP contribution in [-0.4, -0.2) is 31.1 Å². The number of benzene rings is 2. The number of phenols is 1. The van der Waals surface area contributed by atoms with Gasteiger partial charge >= 0.3 is 0 Å². The van der Waals surface area contributed by atoms with E-state index >= 15 is 0 Å². The second-order valence-electron chi connectivity index (χ2n) is 9.00. The molecule has 0 radical (unpaired) electrons. The molecule has 0 aliphatic carbocycles. The lowest BCUT2D eigenvalue weighted by Crippen LogP contribution is -2.29. The predicted octanol–water partition coefficient (Wildman–Crippen LogP) is 6.01. The molecule has 0 unspecified atom stereocenters. The van der Waals surface area contributed by atoms with E-state index in [0.29, 0.717) is 34.4 Å². The topological polar surface area (TPSA) is 82.1 Å². The number of nitrogens with one attached hydrogen (secondary N) is 1. The maximum atomic E-state index is 13.6. The highest BCUT2D eigenvalue weighted by Crippen LogP contribution is 2.46. The van der Waals surface area contributed by atoms with Crippen molar-refractivity contribution in [2.45, 2.75) is 39.3 Å². The van der Waals surface area contributed by atoms with Crippen molar-refractivity contribution in [1.29, 1.82) is 0 Å². The number of hydrogen-bond acceptors (Lipinski definition) is 4. The zero-order valence-corrected chi connectivity index (χ0v) is 20.0. The summed E-state index contributed by atoms with van der Waals surface area (Å²) in [7, 11) is 0. The Morgan fingerprint density at radius 2 is 1.94 bits per heavy atom. The van der Waals surface area contributed by atoms with Gasteiger partial charge in [0.2, 0.25) is 0 Å². The summed E-state index contributed by atoms with van der Waals surface area (Å²) in [5.41, 5.74) is 6.07. The molecule has 0 fully saturated rings. The number of H-pyrrole nitrogens is 1. The number of pyridine rings is 1. The highest BCUT2D eigenvalue weighted by molar-refractivity contribution is 6.31. The van der Waals surface area contributed by atoms with Gasteiger partial charge in [-0.2, -0.15) is 5.10 Å². The Bertz CT molecular complexity index is 1360. The van der Waals surface area contributed by atoms with Crippen molar-refractivity contribution in [2.24, 2.45) is 0 Å². The Morgan fingerprint density at radius 3 is 2.62 bits per heavy atom. The first-order valence-electron chi connectivity index (χ1n) is 11.2. The van der Waals surface area contributed by atoms with Crippen molar-refractivity contribution >= 4 is 17.5 Å². The first-order valence-corrected chi connectivity index (χ1v) is 11.6. The standard InChI is InChI=1S/C27H25ClN4O2/c1-15(2)18-6-8-19(9-7-18)26-23-24(20-12-21(28)16(3)11-22(20)33)30-31-25(23)27(34)32(26)14-17-5-4-10-29-13-17/h4-13,15,26,33H,14H2,1-3H3,(H,30,31)/t26-/m0/s1. The van der Waals surface area contributed by atoms with Crippen molar-refractivity contribution < 1.29 is 9.90 Å². The Kier molecular flexibility index (Phi) is 5.62. The summed E-state index contributed by atoms with van der Waals surface area (Å²) in [5, 5.41) is 18.6. The van der Waals surface area contributed by atoms with Crippen LogP contribution >= 0.6 is 11.6 Å². The van der Waals surface area contributed by atoms with Crippen molar-refractivity contribution in [3.63, 3.8) is 0 Å². The average Bonchev–Trinajstić information content (AvgIpc) is 3.36. The normalized spacial score (nSPS) is 15.3. The summed E-state index contributed by atoms with van der Waals surface area (Å²) >= 11 is 6.39. The molecule has 2 aromatic carbocycles. The van der Waals surface area contributed by atoms with Gasteiger partial charge in [0.05, 0.1) is 6.04 Å². The Labute approximate surface area is 203 Å². The van der Waals surface area contributed by atoms with E-state index in [2.05, 4.69) is 53.3 Å². The molecule has 172 valence electrons. The average molecular weight is 473 g/mol. The number of phenolic OH excluding ortho intramolecular Hbond substituents is 1. The molecule has 4 aromatic rings. The molecule has 0 bridgehead atoms. The molecule has 34 heavy (non-hydrogen) atoms. The molecule has 0 saturated carbocycles. The molecule has 5 rings (SSSR count). The molecule has 2 N–H and O–H groups in total. The van der Waals surface area contributed by atoms with Gasteiger partial charge in [-0.25, -0.2) is 0 Å². The van der Waals surface area contributed by atoms with Crippen LogP contribution in [-0.2, 0) is 6.54 Å². The summed E-state index contributed by atoms with van der Waals surface area (Å²) in [6.07, 6.45) is 3.48. The van der Waals surface area contributed by atoms with Gasteiger partial charge in [-0.1, -0.05) is 55.8 Å². The highest BCUT2D eigenvalue weighted by Gasteiger charge is 2.42. The lowest BCUT2D eigenvalue weighted by atomic mass is 9.93. The second-order valence-corrected chi connectivity index (χ2v) is 9.40. The fraction of sp³-hybridized carbons (Fsp3) is 0.222. The van der Waals surface area contributed by atoms with Crippen LogP contribution < -0.4 is 0 Å². The number of hydrogen-bond donors (Lipinski definition) is 2. The molecular weight excluding hydrogens is 448 g/mol. The van der Waals surface area contributed by atoms with Gasteiger partial charge in [-0.3, -0.25) is 14.9 Å². The van der Waals surface area contributed by atoms with Crippen LogP contribution in [0.25, 0.3) is 11.3 Å². The number of aromatic hydroxyl groups is 1. The smallest absolute Gasteiger partial charge is 0.273 e. The molecule has 7 heteroatoms. The Morgan fingerprint density at radius 1 is 1.18 bits per heavy atom. The molecule has 1 atom stereocenters. The first kappa shape index (κ1) is 22.2. The molecule has 1 aliphatic rings. The van der Waals surface area contributed by atoms with Crippen molar-refractivity contribution in [2.75, 3.05) is 0 Å². The van der Waals surface area contributed by atoms with Gasteiger partial charge in [0.25, 0.3) is 5.91 Å². The minimum Gasteiger partial charge on any atom is -0.507 e. The van der Waals surface area contributed by atoms with Crippen LogP contribution in [0.5, 0.6) is 5.75 Å². The van der Waals surface area contributed by atoms with E-state index in [0.717, 1.165) is 22.3 Å². The third kappa shape index (κ3) is 3.74. The minimum atomic E-state index is -0.378. The van der Waals surface area contributed by atoms with E-state index in [1.54, 1.807) is 24.5 Å². The number of rotatable bonds is 5. The van der Waals surface area contributed by atoms with Gasteiger partial charge in [0, 0.05) is 35.1 Å². The zero-order chi connectivity index (χ0) is 24.0. The van der Waals surface area contributed by atoms with E-state index < -0.39 is 0 Å². The predicted molar refractivity (Wildman–Crippen MR) is 132 cm³/mol. The van der Waals surface area contributed by atoms with E-state index in [4.69, 9.17) is 11.6 Å². The van der Waals surface area contributed by atoms with E-state index in [1.807, 2.05) is 24.0 Å². The number of halogens is 1. The molecule has 6 nitrogen and oxygen atoms in total. The van der Waals surface area contributed by atoms with Crippen molar-refractivity contribution in [1.82, 2.24) is 20.1 Å². The summed E-state index contributed by atoms with van der Waals surface area (Å²) in [6.45, 7) is 6.53. The van der Waals surface area contributed by atoms with Crippen LogP contribution in [0.3, 0.4) is 0 Å². The quantitative estimate of drug-likeness (QED) is 0.372. The van der Waals surface area contributed by atoms with Crippen LogP contribution in [0.15, 0.2) is 60.9 Å². The summed E-state index contributed by atoms with van der Waals surface area (Å²) in [4.78, 5) is 19.6. The number of carbonyl (C=O) groups excluding carboxylic acids is 1. The van der Waals surface area contributed by atoms with Gasteiger partial charge in [0.15, 0.2) is 0 Å². The van der Waals surface area contributed by atoms with E-state index in [9.17, 15) is 9.90 Å². The van der Waals surface area contributed by atoms with Crippen LogP contribution in [0, 0.1) is 6.92 Å². The Balaban J connectivity index is 1.67. The van der Waals surface area contributed by atoms with Gasteiger partial charge in [0.1, 0.15) is 17.1 Å². The molecule has 2 aromatic heterocycles. The monoisotopic (exact) mass is 472 g/mol. The molecule has 1 aliphatic heterocycles. The largest absolute Gasteiger partial charge is 0.507 e. The van der Waals surface area contributed by atoms with Crippen LogP contribution in [0.2, 0.25) is 5.02 Å². The van der Waals surface area contributed by atoms with Gasteiger partial charge in [-0.05, 0) is 53.3 Å². The van der Waals surface area contributed by atoms with Crippen molar-refractivity contribution in [3.05, 3.63) is 99.5 Å². The number of amides is 1. The number of aryl methyl sites for hydroxylation is 1. The lowest BCUT2D eigenvalue weighted by molar-refractivity contribution is 0.0730. The molecule has 0 spiro atoms. The number of aromatic nitrogens is 3. The number of aromatic amines is 1. The summed E-state index contributed by atoms with van der Waals surface area (Å²) in [6, 6.07) is 15.1. The van der Waals surface area contributed by atoms with E-state index in [-0.39, 0.29) is 17.7 Å². The first-order chi connectivity index (χ1) is 16.3. The fourth-order valence-electron chi connectivity index (χ4n) is 4.52. The fourth-order valence-corrected chi connectivity index (χ4v) is 4.68. The van der Waals surface area contributed by atoms with Gasteiger partial charge < -0.3 is 10.0 Å². The molecule has 0 saturated heterocycles. The molecule has 3 heterocycles. The zero-order valence-electron chi connectivity index (χ0n) is 19.2. The minimum absolute atomic E-state index is 0.0725. The molecular formula is C27H25ClN4O2. The molecule has 1 amide bonds. The lowest BCUT2D eigenvalue weighted by Gasteiger charge is -2.27. The Hall–Kier alpha value is -3.64. The third-order valence-electron chi connectivity index (χ3n) is 6.39.